The van der Waals surface area contributed by atoms with Gasteiger partial charge < -0.3 is 15.1 Å². The van der Waals surface area contributed by atoms with Gasteiger partial charge in [-0.05, 0) is 31.7 Å². The van der Waals surface area contributed by atoms with Crippen LogP contribution in [0.4, 0.5) is 5.95 Å². The van der Waals surface area contributed by atoms with Crippen LogP contribution in [0.3, 0.4) is 0 Å². The summed E-state index contributed by atoms with van der Waals surface area (Å²) < 4.78 is 0. The zero-order valence-corrected chi connectivity index (χ0v) is 14.1. The summed E-state index contributed by atoms with van der Waals surface area (Å²) in [6.07, 6.45) is 3.45. The van der Waals surface area contributed by atoms with Crippen molar-refractivity contribution in [2.24, 2.45) is 0 Å². The average molecular weight is 326 g/mol. The van der Waals surface area contributed by atoms with E-state index in [1.54, 1.807) is 18.5 Å². The fourth-order valence-corrected chi connectivity index (χ4v) is 2.59. The van der Waals surface area contributed by atoms with E-state index in [0.29, 0.717) is 18.2 Å². The Balaban J connectivity index is 1.69. The number of likely N-dealkylation sites (N-methyl/N-ethyl adjacent to an activating group) is 1. The van der Waals surface area contributed by atoms with Gasteiger partial charge in [-0.3, -0.25) is 9.78 Å². The molecule has 3 rings (SSSR count). The number of pyridine rings is 1. The van der Waals surface area contributed by atoms with E-state index in [2.05, 4.69) is 37.1 Å². The summed E-state index contributed by atoms with van der Waals surface area (Å²) in [6.45, 7) is 6.01. The highest BCUT2D eigenvalue weighted by Gasteiger charge is 2.19. The van der Waals surface area contributed by atoms with Crippen molar-refractivity contribution in [3.05, 3.63) is 47.5 Å². The first-order chi connectivity index (χ1) is 11.6. The monoisotopic (exact) mass is 326 g/mol. The Kier molecular flexibility index (Phi) is 5.00. The number of carbonyl (C=O) groups excluding carboxylic acids is 1. The van der Waals surface area contributed by atoms with Crippen molar-refractivity contribution in [3.8, 4) is 0 Å². The SMILES string of the molecule is Cc1cc(C(=O)NCc2cccnc2)nc(N2CCN(C)CC2)n1. The van der Waals surface area contributed by atoms with Crippen molar-refractivity contribution < 1.29 is 4.79 Å². The normalized spacial score (nSPS) is 15.3. The largest absolute Gasteiger partial charge is 0.347 e. The van der Waals surface area contributed by atoms with Crippen LogP contribution in [0.25, 0.3) is 0 Å². The van der Waals surface area contributed by atoms with Crippen LogP contribution in [-0.4, -0.2) is 59.0 Å². The zero-order chi connectivity index (χ0) is 16.9. The van der Waals surface area contributed by atoms with Gasteiger partial charge in [0.05, 0.1) is 0 Å². The molecule has 1 N–H and O–H groups in total. The van der Waals surface area contributed by atoms with Crippen LogP contribution in [0.1, 0.15) is 21.7 Å². The second-order valence-corrected chi connectivity index (χ2v) is 6.03. The van der Waals surface area contributed by atoms with Gasteiger partial charge in [-0.1, -0.05) is 6.07 Å². The van der Waals surface area contributed by atoms with Crippen LogP contribution >= 0.6 is 0 Å². The van der Waals surface area contributed by atoms with Crippen LogP contribution in [-0.2, 0) is 6.54 Å². The Morgan fingerprint density at radius 3 is 2.75 bits per heavy atom. The van der Waals surface area contributed by atoms with E-state index >= 15 is 0 Å². The van der Waals surface area contributed by atoms with Crippen molar-refractivity contribution in [3.63, 3.8) is 0 Å². The molecule has 0 aromatic carbocycles. The van der Waals surface area contributed by atoms with Crippen LogP contribution in [0.15, 0.2) is 30.6 Å². The van der Waals surface area contributed by atoms with Crippen molar-refractivity contribution in [1.29, 1.82) is 0 Å². The average Bonchev–Trinajstić information content (AvgIpc) is 2.60. The summed E-state index contributed by atoms with van der Waals surface area (Å²) in [5.74, 6) is 0.439. The Morgan fingerprint density at radius 2 is 2.04 bits per heavy atom. The third-order valence-electron chi connectivity index (χ3n) is 4.04. The minimum Gasteiger partial charge on any atom is -0.347 e. The second kappa shape index (κ2) is 7.35. The highest BCUT2D eigenvalue weighted by atomic mass is 16.1. The molecular formula is C17H22N6O. The Morgan fingerprint density at radius 1 is 1.25 bits per heavy atom. The molecule has 2 aromatic rings. The predicted octanol–water partition coefficient (Wildman–Crippen LogP) is 0.862. The first-order valence-corrected chi connectivity index (χ1v) is 8.08. The summed E-state index contributed by atoms with van der Waals surface area (Å²) in [5.41, 5.74) is 2.15. The molecule has 126 valence electrons. The smallest absolute Gasteiger partial charge is 0.270 e. The number of rotatable bonds is 4. The number of hydrogen-bond acceptors (Lipinski definition) is 6. The molecule has 0 spiro atoms. The Labute approximate surface area is 141 Å². The molecule has 2 aromatic heterocycles. The summed E-state index contributed by atoms with van der Waals surface area (Å²) in [5, 5.41) is 2.88. The van der Waals surface area contributed by atoms with E-state index in [0.717, 1.165) is 37.4 Å². The number of nitrogens with zero attached hydrogens (tertiary/aromatic N) is 5. The highest BCUT2D eigenvalue weighted by molar-refractivity contribution is 5.92. The molecular weight excluding hydrogens is 304 g/mol. The topological polar surface area (TPSA) is 74.2 Å². The number of nitrogens with one attached hydrogen (secondary N) is 1. The third-order valence-corrected chi connectivity index (χ3v) is 4.04. The predicted molar refractivity (Wildman–Crippen MR) is 91.9 cm³/mol. The quantitative estimate of drug-likeness (QED) is 0.898. The molecule has 0 aliphatic carbocycles. The second-order valence-electron chi connectivity index (χ2n) is 6.03. The molecule has 0 unspecified atom stereocenters. The molecule has 24 heavy (non-hydrogen) atoms. The number of aryl methyl sites for hydroxylation is 1. The minimum absolute atomic E-state index is 0.195. The van der Waals surface area contributed by atoms with Crippen molar-refractivity contribution in [1.82, 2.24) is 25.2 Å². The number of amides is 1. The number of anilines is 1. The zero-order valence-electron chi connectivity index (χ0n) is 14.1. The molecule has 0 radical (unpaired) electrons. The molecule has 1 aliphatic heterocycles. The van der Waals surface area contributed by atoms with Crippen molar-refractivity contribution >= 4 is 11.9 Å². The van der Waals surface area contributed by atoms with Gasteiger partial charge in [0, 0.05) is 50.8 Å². The molecule has 0 atom stereocenters. The summed E-state index contributed by atoms with van der Waals surface area (Å²) >= 11 is 0. The van der Waals surface area contributed by atoms with E-state index < -0.39 is 0 Å². The maximum Gasteiger partial charge on any atom is 0.270 e. The maximum absolute atomic E-state index is 12.4. The molecule has 7 nitrogen and oxygen atoms in total. The fraction of sp³-hybridized carbons (Fsp3) is 0.412. The lowest BCUT2D eigenvalue weighted by molar-refractivity contribution is 0.0945. The molecule has 1 amide bonds. The first-order valence-electron chi connectivity index (χ1n) is 8.08. The summed E-state index contributed by atoms with van der Waals surface area (Å²) in [7, 11) is 2.10. The van der Waals surface area contributed by atoms with Gasteiger partial charge in [-0.25, -0.2) is 9.97 Å². The molecule has 3 heterocycles. The number of piperazine rings is 1. The lowest BCUT2D eigenvalue weighted by Crippen LogP contribution is -2.45. The first kappa shape index (κ1) is 16.3. The van der Waals surface area contributed by atoms with Crippen molar-refractivity contribution in [2.45, 2.75) is 13.5 Å². The van der Waals surface area contributed by atoms with Gasteiger partial charge in [-0.2, -0.15) is 0 Å². The van der Waals surface area contributed by atoms with Gasteiger partial charge in [0.2, 0.25) is 5.95 Å². The van der Waals surface area contributed by atoms with Crippen LogP contribution in [0.5, 0.6) is 0 Å². The van der Waals surface area contributed by atoms with E-state index in [9.17, 15) is 4.79 Å². The lowest BCUT2D eigenvalue weighted by atomic mass is 10.2. The Bertz CT molecular complexity index is 697. The van der Waals surface area contributed by atoms with Crippen LogP contribution in [0.2, 0.25) is 0 Å². The molecule has 1 saturated heterocycles. The van der Waals surface area contributed by atoms with Gasteiger partial charge in [-0.15, -0.1) is 0 Å². The molecule has 0 bridgehead atoms. The Hall–Kier alpha value is -2.54. The highest BCUT2D eigenvalue weighted by Crippen LogP contribution is 2.13. The minimum atomic E-state index is -0.195. The van der Waals surface area contributed by atoms with Gasteiger partial charge >= 0.3 is 0 Å². The summed E-state index contributed by atoms with van der Waals surface area (Å²) in [6, 6.07) is 5.49. The van der Waals surface area contributed by atoms with Gasteiger partial charge in [0.15, 0.2) is 0 Å². The lowest BCUT2D eigenvalue weighted by Gasteiger charge is -2.32. The van der Waals surface area contributed by atoms with E-state index in [1.807, 2.05) is 19.1 Å². The maximum atomic E-state index is 12.4. The van der Waals surface area contributed by atoms with Crippen LogP contribution < -0.4 is 10.2 Å². The fourth-order valence-electron chi connectivity index (χ4n) is 2.59. The van der Waals surface area contributed by atoms with Crippen LogP contribution in [0, 0.1) is 6.92 Å². The van der Waals surface area contributed by atoms with Gasteiger partial charge in [0.25, 0.3) is 5.91 Å². The third kappa shape index (κ3) is 4.05. The molecule has 0 saturated carbocycles. The van der Waals surface area contributed by atoms with E-state index in [-0.39, 0.29) is 5.91 Å². The van der Waals surface area contributed by atoms with E-state index in [1.165, 1.54) is 0 Å². The number of carbonyl (C=O) groups is 1. The van der Waals surface area contributed by atoms with E-state index in [4.69, 9.17) is 0 Å². The van der Waals surface area contributed by atoms with Gasteiger partial charge in [0.1, 0.15) is 5.69 Å². The van der Waals surface area contributed by atoms with Crippen molar-refractivity contribution in [2.75, 3.05) is 38.1 Å². The molecule has 7 heteroatoms. The molecule has 1 fully saturated rings. The number of aromatic nitrogens is 3. The summed E-state index contributed by atoms with van der Waals surface area (Å²) in [4.78, 5) is 29.8. The standard InChI is InChI=1S/C17H22N6O/c1-13-10-15(16(24)19-12-14-4-3-5-18-11-14)21-17(20-13)23-8-6-22(2)7-9-23/h3-5,10-11H,6-9,12H2,1-2H3,(H,19,24). The molecule has 1 aliphatic rings. The number of hydrogen-bond donors (Lipinski definition) is 1.